The molecule has 112 valence electrons. The summed E-state index contributed by atoms with van der Waals surface area (Å²) in [5.74, 6) is -0.130. The highest BCUT2D eigenvalue weighted by Crippen LogP contribution is 2.26. The van der Waals surface area contributed by atoms with Crippen molar-refractivity contribution in [1.29, 1.82) is 0 Å². The molecule has 8 heteroatoms. The molecule has 1 atom stereocenters. The molecule has 1 aliphatic heterocycles. The summed E-state index contributed by atoms with van der Waals surface area (Å²) in [6, 6.07) is 5.57. The van der Waals surface area contributed by atoms with E-state index in [-0.39, 0.29) is 29.8 Å². The molecule has 1 aromatic carbocycles. The number of nitrogens with one attached hydrogen (secondary N) is 1. The molecule has 0 saturated carbocycles. The molecule has 0 radical (unpaired) electrons. The van der Waals surface area contributed by atoms with E-state index in [9.17, 15) is 21.6 Å². The van der Waals surface area contributed by atoms with Gasteiger partial charge in [-0.25, -0.2) is 8.42 Å². The van der Waals surface area contributed by atoms with Gasteiger partial charge < -0.3 is 10.1 Å². The predicted octanol–water partition coefficient (Wildman–Crippen LogP) is 1.86. The van der Waals surface area contributed by atoms with E-state index in [1.54, 1.807) is 6.07 Å². The van der Waals surface area contributed by atoms with E-state index < -0.39 is 16.2 Å². The van der Waals surface area contributed by atoms with Crippen LogP contribution in [0.25, 0.3) is 0 Å². The first-order chi connectivity index (χ1) is 9.25. The number of benzene rings is 1. The van der Waals surface area contributed by atoms with Crippen molar-refractivity contribution in [2.75, 3.05) is 11.5 Å². The average Bonchev–Trinajstić information content (AvgIpc) is 2.66. The number of hydrogen-bond acceptors (Lipinski definition) is 4. The Hall–Kier alpha value is -1.28. The minimum atomic E-state index is -4.74. The fourth-order valence-corrected chi connectivity index (χ4v) is 3.79. The maximum Gasteiger partial charge on any atom is 0.573 e. The summed E-state index contributed by atoms with van der Waals surface area (Å²) in [4.78, 5) is 0. The van der Waals surface area contributed by atoms with Crippen LogP contribution < -0.4 is 10.1 Å². The summed E-state index contributed by atoms with van der Waals surface area (Å²) in [5, 5.41) is 2.95. The molecule has 4 nitrogen and oxygen atoms in total. The second-order valence-electron chi connectivity index (χ2n) is 4.64. The lowest BCUT2D eigenvalue weighted by molar-refractivity contribution is -0.274. The van der Waals surface area contributed by atoms with Gasteiger partial charge in [0.2, 0.25) is 0 Å². The van der Waals surface area contributed by atoms with Crippen molar-refractivity contribution in [3.05, 3.63) is 29.8 Å². The summed E-state index contributed by atoms with van der Waals surface area (Å²) in [5.41, 5.74) is 0.342. The smallest absolute Gasteiger partial charge is 0.405 e. The first-order valence-corrected chi connectivity index (χ1v) is 7.85. The predicted molar refractivity (Wildman–Crippen MR) is 67.0 cm³/mol. The van der Waals surface area contributed by atoms with Crippen LogP contribution in [0, 0.1) is 0 Å². The summed E-state index contributed by atoms with van der Waals surface area (Å²) < 4.78 is 63.2. The van der Waals surface area contributed by atoms with E-state index in [1.165, 1.54) is 18.2 Å². The first-order valence-electron chi connectivity index (χ1n) is 6.03. The van der Waals surface area contributed by atoms with Crippen LogP contribution in [-0.2, 0) is 16.4 Å². The molecular weight excluding hydrogens is 295 g/mol. The molecule has 1 unspecified atom stereocenters. The van der Waals surface area contributed by atoms with Gasteiger partial charge in [0.15, 0.2) is 9.84 Å². The van der Waals surface area contributed by atoms with Gasteiger partial charge in [-0.15, -0.1) is 13.2 Å². The van der Waals surface area contributed by atoms with Crippen LogP contribution in [0.3, 0.4) is 0 Å². The molecule has 0 aromatic heterocycles. The monoisotopic (exact) mass is 309 g/mol. The lowest BCUT2D eigenvalue weighted by Gasteiger charge is -2.15. The molecule has 0 aliphatic carbocycles. The Bertz CT molecular complexity index is 572. The highest BCUT2D eigenvalue weighted by atomic mass is 32.2. The normalized spacial score (nSPS) is 21.9. The molecule has 2 rings (SSSR count). The third-order valence-electron chi connectivity index (χ3n) is 3.01. The van der Waals surface area contributed by atoms with Crippen molar-refractivity contribution >= 4 is 9.84 Å². The second kappa shape index (κ2) is 5.61. The van der Waals surface area contributed by atoms with Crippen molar-refractivity contribution in [2.45, 2.75) is 25.4 Å². The Kier molecular flexibility index (Phi) is 4.24. The van der Waals surface area contributed by atoms with Gasteiger partial charge in [0, 0.05) is 18.2 Å². The molecule has 1 aromatic rings. The van der Waals surface area contributed by atoms with Gasteiger partial charge in [-0.05, 0) is 12.5 Å². The molecular formula is C12H14F3NO3S. The molecule has 1 aliphatic rings. The highest BCUT2D eigenvalue weighted by Gasteiger charge is 2.32. The highest BCUT2D eigenvalue weighted by molar-refractivity contribution is 7.91. The SMILES string of the molecule is O=S1(=O)CCC(NCc2ccccc2OC(F)(F)F)C1. The fraction of sp³-hybridized carbons (Fsp3) is 0.500. The van der Waals surface area contributed by atoms with E-state index >= 15 is 0 Å². The van der Waals surface area contributed by atoms with Crippen LogP contribution in [0.2, 0.25) is 0 Å². The number of hydrogen-bond donors (Lipinski definition) is 1. The molecule has 1 heterocycles. The van der Waals surface area contributed by atoms with Crippen LogP contribution in [0.15, 0.2) is 24.3 Å². The van der Waals surface area contributed by atoms with Crippen molar-refractivity contribution < 1.29 is 26.3 Å². The number of para-hydroxylation sites is 1. The van der Waals surface area contributed by atoms with Crippen LogP contribution >= 0.6 is 0 Å². The van der Waals surface area contributed by atoms with Gasteiger partial charge in [0.05, 0.1) is 11.5 Å². The molecule has 0 bridgehead atoms. The number of sulfone groups is 1. The largest absolute Gasteiger partial charge is 0.573 e. The third-order valence-corrected chi connectivity index (χ3v) is 4.78. The number of alkyl halides is 3. The van der Waals surface area contributed by atoms with Gasteiger partial charge >= 0.3 is 6.36 Å². The topological polar surface area (TPSA) is 55.4 Å². The molecule has 1 fully saturated rings. The van der Waals surface area contributed by atoms with Crippen LogP contribution in [-0.4, -0.2) is 32.3 Å². The van der Waals surface area contributed by atoms with Crippen LogP contribution in [0.4, 0.5) is 13.2 Å². The minimum Gasteiger partial charge on any atom is -0.405 e. The number of ether oxygens (including phenoxy) is 1. The summed E-state index contributed by atoms with van der Waals surface area (Å²) in [6.07, 6.45) is -4.27. The van der Waals surface area contributed by atoms with Gasteiger partial charge in [0.25, 0.3) is 0 Å². The van der Waals surface area contributed by atoms with Crippen molar-refractivity contribution in [3.63, 3.8) is 0 Å². The number of halogens is 3. The Labute approximate surface area is 114 Å². The Morgan fingerprint density at radius 1 is 1.30 bits per heavy atom. The lowest BCUT2D eigenvalue weighted by atomic mass is 10.2. The third kappa shape index (κ3) is 4.38. The fourth-order valence-electron chi connectivity index (χ4n) is 2.08. The van der Waals surface area contributed by atoms with Crippen molar-refractivity contribution in [2.24, 2.45) is 0 Å². The zero-order valence-corrected chi connectivity index (χ0v) is 11.3. The lowest BCUT2D eigenvalue weighted by Crippen LogP contribution is -2.30. The van der Waals surface area contributed by atoms with Gasteiger partial charge in [-0.3, -0.25) is 0 Å². The van der Waals surface area contributed by atoms with E-state index in [0.717, 1.165) is 0 Å². The molecule has 0 spiro atoms. The van der Waals surface area contributed by atoms with Crippen LogP contribution in [0.5, 0.6) is 5.75 Å². The standard InChI is InChI=1S/C12H14F3NO3S/c13-12(14,15)19-11-4-2-1-3-9(11)7-16-10-5-6-20(17,18)8-10/h1-4,10,16H,5-8H2. The van der Waals surface area contributed by atoms with Crippen LogP contribution in [0.1, 0.15) is 12.0 Å². The Morgan fingerprint density at radius 2 is 2.00 bits per heavy atom. The van der Waals surface area contributed by atoms with Crippen molar-refractivity contribution in [3.8, 4) is 5.75 Å². The van der Waals surface area contributed by atoms with E-state index in [0.29, 0.717) is 12.0 Å². The quantitative estimate of drug-likeness (QED) is 0.922. The maximum atomic E-state index is 12.2. The Morgan fingerprint density at radius 3 is 2.60 bits per heavy atom. The van der Waals surface area contributed by atoms with E-state index in [2.05, 4.69) is 10.1 Å². The van der Waals surface area contributed by atoms with E-state index in [4.69, 9.17) is 0 Å². The molecule has 1 N–H and O–H groups in total. The average molecular weight is 309 g/mol. The zero-order chi connectivity index (χ0) is 14.8. The second-order valence-corrected chi connectivity index (χ2v) is 6.87. The molecule has 1 saturated heterocycles. The summed E-state index contributed by atoms with van der Waals surface area (Å²) in [6.45, 7) is 0.131. The first kappa shape index (κ1) is 15.1. The zero-order valence-electron chi connectivity index (χ0n) is 10.5. The Balaban J connectivity index is 1.99. The maximum absolute atomic E-state index is 12.2. The van der Waals surface area contributed by atoms with Gasteiger partial charge in [0.1, 0.15) is 5.75 Å². The van der Waals surface area contributed by atoms with Crippen molar-refractivity contribution in [1.82, 2.24) is 5.32 Å². The molecule has 0 amide bonds. The van der Waals surface area contributed by atoms with Gasteiger partial charge in [-0.2, -0.15) is 0 Å². The molecule has 20 heavy (non-hydrogen) atoms. The summed E-state index contributed by atoms with van der Waals surface area (Å²) >= 11 is 0. The minimum absolute atomic E-state index is 0.0231. The van der Waals surface area contributed by atoms with E-state index in [1.807, 2.05) is 0 Å². The number of rotatable bonds is 4. The summed E-state index contributed by atoms with van der Waals surface area (Å²) in [7, 11) is -3.01. The van der Waals surface area contributed by atoms with Gasteiger partial charge in [-0.1, -0.05) is 18.2 Å².